The van der Waals surface area contributed by atoms with E-state index >= 15 is 0 Å². The van der Waals surface area contributed by atoms with Crippen molar-refractivity contribution in [2.45, 2.75) is 51.6 Å². The fourth-order valence-corrected chi connectivity index (χ4v) is 2.56. The van der Waals surface area contributed by atoms with Gasteiger partial charge in [-0.3, -0.25) is 4.79 Å². The summed E-state index contributed by atoms with van der Waals surface area (Å²) < 4.78 is 0. The van der Waals surface area contributed by atoms with Crippen molar-refractivity contribution in [1.29, 1.82) is 0 Å². The fraction of sp³-hybridized carbons (Fsp3) is 0.562. The molecule has 1 heterocycles. The highest BCUT2D eigenvalue weighted by Crippen LogP contribution is 2.14. The first-order valence-electron chi connectivity index (χ1n) is 7.24. The molecular formula is C16H24N2O. The largest absolute Gasteiger partial charge is 0.350 e. The standard InChI is InChI=1S/C16H24N2O/c1-12-5-7-14(8-6-12)13(2)18-16(19)10-9-15-4-3-11-17-15/h5-8,13,15,17H,3-4,9-11H2,1-2H3,(H,18,19). The molecule has 1 aliphatic heterocycles. The van der Waals surface area contributed by atoms with Gasteiger partial charge in [-0.15, -0.1) is 0 Å². The number of nitrogens with one attached hydrogen (secondary N) is 2. The van der Waals surface area contributed by atoms with Crippen LogP contribution in [0.3, 0.4) is 0 Å². The summed E-state index contributed by atoms with van der Waals surface area (Å²) in [7, 11) is 0. The number of aryl methyl sites for hydroxylation is 1. The summed E-state index contributed by atoms with van der Waals surface area (Å²) in [5.74, 6) is 0.154. The predicted molar refractivity (Wildman–Crippen MR) is 78.0 cm³/mol. The Labute approximate surface area is 115 Å². The summed E-state index contributed by atoms with van der Waals surface area (Å²) in [5.41, 5.74) is 2.41. The van der Waals surface area contributed by atoms with Crippen LogP contribution in [0.5, 0.6) is 0 Å². The van der Waals surface area contributed by atoms with E-state index in [1.165, 1.54) is 18.4 Å². The second-order valence-corrected chi connectivity index (χ2v) is 5.53. The first-order valence-corrected chi connectivity index (χ1v) is 7.24. The molecule has 2 rings (SSSR count). The van der Waals surface area contributed by atoms with E-state index in [4.69, 9.17) is 0 Å². The van der Waals surface area contributed by atoms with Crippen LogP contribution in [0.25, 0.3) is 0 Å². The first kappa shape index (κ1) is 14.1. The number of amides is 1. The van der Waals surface area contributed by atoms with E-state index in [1.54, 1.807) is 0 Å². The van der Waals surface area contributed by atoms with Gasteiger partial charge in [0, 0.05) is 12.5 Å². The zero-order valence-corrected chi connectivity index (χ0v) is 11.9. The van der Waals surface area contributed by atoms with Gasteiger partial charge in [-0.2, -0.15) is 0 Å². The van der Waals surface area contributed by atoms with Gasteiger partial charge in [-0.05, 0) is 45.2 Å². The van der Waals surface area contributed by atoms with Crippen molar-refractivity contribution in [3.05, 3.63) is 35.4 Å². The highest BCUT2D eigenvalue weighted by Gasteiger charge is 2.16. The van der Waals surface area contributed by atoms with Gasteiger partial charge in [0.1, 0.15) is 0 Å². The average molecular weight is 260 g/mol. The number of carbonyl (C=O) groups is 1. The maximum Gasteiger partial charge on any atom is 0.220 e. The average Bonchev–Trinajstić information content (AvgIpc) is 2.90. The molecule has 1 saturated heterocycles. The quantitative estimate of drug-likeness (QED) is 0.854. The van der Waals surface area contributed by atoms with Gasteiger partial charge >= 0.3 is 0 Å². The third kappa shape index (κ3) is 4.35. The van der Waals surface area contributed by atoms with E-state index in [1.807, 2.05) is 6.92 Å². The molecule has 0 aliphatic carbocycles. The lowest BCUT2D eigenvalue weighted by Crippen LogP contribution is -2.29. The number of benzene rings is 1. The maximum atomic E-state index is 11.9. The smallest absolute Gasteiger partial charge is 0.220 e. The van der Waals surface area contributed by atoms with Crippen LogP contribution in [0.4, 0.5) is 0 Å². The van der Waals surface area contributed by atoms with Gasteiger partial charge in [0.15, 0.2) is 0 Å². The predicted octanol–water partition coefficient (Wildman–Crippen LogP) is 2.70. The zero-order valence-electron chi connectivity index (χ0n) is 11.9. The van der Waals surface area contributed by atoms with Crippen molar-refractivity contribution >= 4 is 5.91 Å². The summed E-state index contributed by atoms with van der Waals surface area (Å²) in [4.78, 5) is 11.9. The van der Waals surface area contributed by atoms with Crippen LogP contribution >= 0.6 is 0 Å². The van der Waals surface area contributed by atoms with E-state index in [-0.39, 0.29) is 11.9 Å². The van der Waals surface area contributed by atoms with Crippen LogP contribution in [0, 0.1) is 6.92 Å². The van der Waals surface area contributed by atoms with Crippen LogP contribution in [-0.4, -0.2) is 18.5 Å². The maximum absolute atomic E-state index is 11.9. The molecule has 19 heavy (non-hydrogen) atoms. The molecule has 0 aromatic heterocycles. The van der Waals surface area contributed by atoms with Crippen LogP contribution < -0.4 is 10.6 Å². The molecule has 0 bridgehead atoms. The molecule has 1 aliphatic rings. The van der Waals surface area contributed by atoms with Crippen LogP contribution in [0.2, 0.25) is 0 Å². The molecule has 2 atom stereocenters. The number of hydrogen-bond donors (Lipinski definition) is 2. The topological polar surface area (TPSA) is 41.1 Å². The zero-order chi connectivity index (χ0) is 13.7. The lowest BCUT2D eigenvalue weighted by molar-refractivity contribution is -0.121. The van der Waals surface area contributed by atoms with Gasteiger partial charge < -0.3 is 10.6 Å². The molecule has 0 saturated carbocycles. The Morgan fingerprint density at radius 1 is 1.42 bits per heavy atom. The van der Waals surface area contributed by atoms with E-state index < -0.39 is 0 Å². The fourth-order valence-electron chi connectivity index (χ4n) is 2.56. The molecule has 1 fully saturated rings. The molecule has 1 amide bonds. The van der Waals surface area contributed by atoms with Crippen molar-refractivity contribution in [2.24, 2.45) is 0 Å². The first-order chi connectivity index (χ1) is 9.15. The summed E-state index contributed by atoms with van der Waals surface area (Å²) in [6.07, 6.45) is 4.02. The minimum Gasteiger partial charge on any atom is -0.350 e. The highest BCUT2D eigenvalue weighted by atomic mass is 16.1. The number of rotatable bonds is 5. The van der Waals surface area contributed by atoms with Crippen molar-refractivity contribution in [2.75, 3.05) is 6.54 Å². The van der Waals surface area contributed by atoms with Crippen molar-refractivity contribution in [3.63, 3.8) is 0 Å². The third-order valence-electron chi connectivity index (χ3n) is 3.84. The van der Waals surface area contributed by atoms with E-state index in [0.717, 1.165) is 18.5 Å². The summed E-state index contributed by atoms with van der Waals surface area (Å²) in [6, 6.07) is 8.96. The van der Waals surface area contributed by atoms with Crippen LogP contribution in [-0.2, 0) is 4.79 Å². The molecule has 3 heteroatoms. The van der Waals surface area contributed by atoms with Gasteiger partial charge in [0.25, 0.3) is 0 Å². The number of carbonyl (C=O) groups excluding carboxylic acids is 1. The monoisotopic (exact) mass is 260 g/mol. The SMILES string of the molecule is Cc1ccc(C(C)NC(=O)CCC2CCCN2)cc1. The van der Waals surface area contributed by atoms with Gasteiger partial charge in [0.05, 0.1) is 6.04 Å². The molecule has 0 radical (unpaired) electrons. The molecular weight excluding hydrogens is 236 g/mol. The Morgan fingerprint density at radius 2 is 2.16 bits per heavy atom. The third-order valence-corrected chi connectivity index (χ3v) is 3.84. The second-order valence-electron chi connectivity index (χ2n) is 5.53. The van der Waals surface area contributed by atoms with Crippen LogP contribution in [0.1, 0.15) is 49.8 Å². The van der Waals surface area contributed by atoms with Crippen molar-refractivity contribution < 1.29 is 4.79 Å². The Morgan fingerprint density at radius 3 is 2.79 bits per heavy atom. The molecule has 104 valence electrons. The molecule has 1 aromatic rings. The van der Waals surface area contributed by atoms with E-state index in [2.05, 4.69) is 41.8 Å². The van der Waals surface area contributed by atoms with Gasteiger partial charge in [-0.25, -0.2) is 0 Å². The van der Waals surface area contributed by atoms with Gasteiger partial charge in [0.2, 0.25) is 5.91 Å². The highest BCUT2D eigenvalue weighted by molar-refractivity contribution is 5.76. The molecule has 3 nitrogen and oxygen atoms in total. The summed E-state index contributed by atoms with van der Waals surface area (Å²) in [6.45, 7) is 5.21. The van der Waals surface area contributed by atoms with E-state index in [0.29, 0.717) is 12.5 Å². The van der Waals surface area contributed by atoms with Crippen molar-refractivity contribution in [3.8, 4) is 0 Å². The van der Waals surface area contributed by atoms with Crippen LogP contribution in [0.15, 0.2) is 24.3 Å². The Kier molecular flexibility index (Phi) is 4.97. The van der Waals surface area contributed by atoms with E-state index in [9.17, 15) is 4.79 Å². The van der Waals surface area contributed by atoms with Gasteiger partial charge in [-0.1, -0.05) is 29.8 Å². The normalized spacial score (nSPS) is 20.2. The minimum atomic E-state index is 0.0876. The summed E-state index contributed by atoms with van der Waals surface area (Å²) >= 11 is 0. The number of hydrogen-bond acceptors (Lipinski definition) is 2. The minimum absolute atomic E-state index is 0.0876. The molecule has 0 spiro atoms. The molecule has 1 aromatic carbocycles. The lowest BCUT2D eigenvalue weighted by Gasteiger charge is -2.16. The Bertz CT molecular complexity index is 407. The Hall–Kier alpha value is -1.35. The second kappa shape index (κ2) is 6.71. The molecule has 2 N–H and O–H groups in total. The Balaban J connectivity index is 1.76. The molecule has 2 unspecified atom stereocenters. The van der Waals surface area contributed by atoms with Crippen molar-refractivity contribution in [1.82, 2.24) is 10.6 Å². The lowest BCUT2D eigenvalue weighted by atomic mass is 10.1. The summed E-state index contributed by atoms with van der Waals surface area (Å²) in [5, 5.41) is 6.50.